The largest absolute Gasteiger partial charge is 0.461 e. The summed E-state index contributed by atoms with van der Waals surface area (Å²) in [6.45, 7) is 4.19. The molecule has 0 aliphatic carbocycles. The molecule has 0 fully saturated rings. The maximum absolute atomic E-state index is 12.5. The number of H-pyrrole nitrogens is 1. The zero-order valence-electron chi connectivity index (χ0n) is 13.9. The quantitative estimate of drug-likeness (QED) is 0.780. The van der Waals surface area contributed by atoms with Crippen LogP contribution in [0.2, 0.25) is 5.02 Å². The van der Waals surface area contributed by atoms with E-state index in [1.807, 2.05) is 12.1 Å². The smallest absolute Gasteiger partial charge is 0.256 e. The van der Waals surface area contributed by atoms with Crippen LogP contribution in [0.4, 0.5) is 0 Å². The van der Waals surface area contributed by atoms with E-state index in [9.17, 15) is 4.79 Å². The number of benzene rings is 1. The van der Waals surface area contributed by atoms with Gasteiger partial charge >= 0.3 is 0 Å². The molecule has 3 heterocycles. The molecule has 0 unspecified atom stereocenters. The summed E-state index contributed by atoms with van der Waals surface area (Å²) >= 11 is 6.34. The van der Waals surface area contributed by atoms with Crippen LogP contribution in [0.15, 0.2) is 45.8 Å². The summed E-state index contributed by atoms with van der Waals surface area (Å²) in [5.74, 6) is 1.07. The van der Waals surface area contributed by atoms with Crippen molar-refractivity contribution in [3.63, 3.8) is 0 Å². The summed E-state index contributed by atoms with van der Waals surface area (Å²) in [5.41, 5.74) is 3.76. The second-order valence-electron chi connectivity index (χ2n) is 6.31. The van der Waals surface area contributed by atoms with E-state index < -0.39 is 0 Å². The van der Waals surface area contributed by atoms with Crippen molar-refractivity contribution in [2.75, 3.05) is 6.54 Å². The summed E-state index contributed by atoms with van der Waals surface area (Å²) < 4.78 is 5.33. The number of aromatic nitrogens is 2. The van der Waals surface area contributed by atoms with E-state index in [4.69, 9.17) is 16.0 Å². The molecule has 25 heavy (non-hydrogen) atoms. The van der Waals surface area contributed by atoms with Gasteiger partial charge in [0.05, 0.1) is 17.5 Å². The highest BCUT2D eigenvalue weighted by Gasteiger charge is 2.23. The van der Waals surface area contributed by atoms with Crippen LogP contribution < -0.4 is 5.56 Å². The molecular weight excluding hydrogens is 338 g/mol. The van der Waals surface area contributed by atoms with Gasteiger partial charge in [0, 0.05) is 31.1 Å². The number of rotatable bonds is 3. The number of hydrogen-bond acceptors (Lipinski definition) is 4. The van der Waals surface area contributed by atoms with Crippen LogP contribution in [-0.4, -0.2) is 21.4 Å². The minimum absolute atomic E-state index is 0.100. The van der Waals surface area contributed by atoms with Crippen molar-refractivity contribution in [2.45, 2.75) is 26.4 Å². The van der Waals surface area contributed by atoms with E-state index >= 15 is 0 Å². The van der Waals surface area contributed by atoms with Crippen LogP contribution in [0.25, 0.3) is 11.6 Å². The Morgan fingerprint density at radius 2 is 2.20 bits per heavy atom. The zero-order valence-corrected chi connectivity index (χ0v) is 14.6. The van der Waals surface area contributed by atoms with Crippen molar-refractivity contribution in [3.8, 4) is 11.6 Å². The van der Waals surface area contributed by atoms with Gasteiger partial charge in [-0.15, -0.1) is 0 Å². The number of nitrogens with zero attached hydrogens (tertiary/aromatic N) is 2. The van der Waals surface area contributed by atoms with Gasteiger partial charge in [-0.1, -0.05) is 23.7 Å². The van der Waals surface area contributed by atoms with E-state index in [0.29, 0.717) is 18.1 Å². The Morgan fingerprint density at radius 3 is 2.96 bits per heavy atom. The number of fused-ring (bicyclic) bond motifs is 1. The van der Waals surface area contributed by atoms with Gasteiger partial charge in [-0.05, 0) is 36.2 Å². The molecule has 0 spiro atoms. The fourth-order valence-corrected chi connectivity index (χ4v) is 3.52. The Morgan fingerprint density at radius 1 is 1.32 bits per heavy atom. The SMILES string of the molecule is Cc1cccc(Cl)c1CN1CCc2nc(-c3ccco3)[nH]c(=O)c2C1. The molecule has 1 aliphatic heterocycles. The number of aryl methyl sites for hydroxylation is 1. The van der Waals surface area contributed by atoms with E-state index in [2.05, 4.69) is 27.9 Å². The summed E-state index contributed by atoms with van der Waals surface area (Å²) in [7, 11) is 0. The van der Waals surface area contributed by atoms with Crippen molar-refractivity contribution >= 4 is 11.6 Å². The maximum Gasteiger partial charge on any atom is 0.256 e. The van der Waals surface area contributed by atoms with E-state index in [0.717, 1.165) is 41.4 Å². The highest BCUT2D eigenvalue weighted by molar-refractivity contribution is 6.31. The first-order valence-corrected chi connectivity index (χ1v) is 8.62. The predicted octanol–water partition coefficient (Wildman–Crippen LogP) is 3.55. The molecule has 5 nitrogen and oxygen atoms in total. The first-order chi connectivity index (χ1) is 12.1. The van der Waals surface area contributed by atoms with Gasteiger partial charge in [0.1, 0.15) is 0 Å². The van der Waals surface area contributed by atoms with Gasteiger partial charge in [0.25, 0.3) is 5.56 Å². The number of aromatic amines is 1. The van der Waals surface area contributed by atoms with Crippen LogP contribution >= 0.6 is 11.6 Å². The van der Waals surface area contributed by atoms with Gasteiger partial charge in [-0.2, -0.15) is 0 Å². The minimum atomic E-state index is -0.100. The highest BCUT2D eigenvalue weighted by atomic mass is 35.5. The zero-order chi connectivity index (χ0) is 17.4. The van der Waals surface area contributed by atoms with E-state index in [1.54, 1.807) is 18.4 Å². The molecule has 1 N–H and O–H groups in total. The fourth-order valence-electron chi connectivity index (χ4n) is 3.24. The molecule has 1 aliphatic rings. The third-order valence-electron chi connectivity index (χ3n) is 4.64. The standard InChI is InChI=1S/C19H18ClN3O2/c1-12-4-2-5-15(20)13(12)10-23-8-7-16-14(11-23)19(24)22-18(21-16)17-6-3-9-25-17/h2-6,9H,7-8,10-11H2,1H3,(H,21,22,24). The van der Waals surface area contributed by atoms with Crippen molar-refractivity contribution in [3.05, 3.63) is 74.4 Å². The molecule has 0 bridgehead atoms. The van der Waals surface area contributed by atoms with Gasteiger partial charge in [0.2, 0.25) is 0 Å². The Kier molecular flexibility index (Phi) is 4.19. The van der Waals surface area contributed by atoms with Crippen LogP contribution in [-0.2, 0) is 19.5 Å². The summed E-state index contributed by atoms with van der Waals surface area (Å²) in [5, 5.41) is 0.769. The number of nitrogens with one attached hydrogen (secondary N) is 1. The maximum atomic E-state index is 12.5. The van der Waals surface area contributed by atoms with Crippen LogP contribution in [0.3, 0.4) is 0 Å². The first kappa shape index (κ1) is 16.1. The Labute approximate surface area is 150 Å². The molecule has 2 aromatic heterocycles. The lowest BCUT2D eigenvalue weighted by Crippen LogP contribution is -2.35. The normalized spacial score (nSPS) is 14.5. The van der Waals surface area contributed by atoms with Gasteiger partial charge in [-0.25, -0.2) is 4.98 Å². The van der Waals surface area contributed by atoms with Crippen LogP contribution in [0.5, 0.6) is 0 Å². The van der Waals surface area contributed by atoms with Gasteiger partial charge in [0.15, 0.2) is 11.6 Å². The molecule has 0 radical (unpaired) electrons. The van der Waals surface area contributed by atoms with Crippen molar-refractivity contribution in [1.29, 1.82) is 0 Å². The molecular formula is C19H18ClN3O2. The number of hydrogen-bond donors (Lipinski definition) is 1. The van der Waals surface area contributed by atoms with Crippen molar-refractivity contribution < 1.29 is 4.42 Å². The van der Waals surface area contributed by atoms with Gasteiger partial charge in [-0.3, -0.25) is 9.69 Å². The van der Waals surface area contributed by atoms with E-state index in [1.165, 1.54) is 5.56 Å². The monoisotopic (exact) mass is 355 g/mol. The molecule has 4 rings (SSSR count). The van der Waals surface area contributed by atoms with Crippen molar-refractivity contribution in [1.82, 2.24) is 14.9 Å². The number of furan rings is 1. The predicted molar refractivity (Wildman–Crippen MR) is 96.6 cm³/mol. The lowest BCUT2D eigenvalue weighted by molar-refractivity contribution is 0.241. The molecule has 3 aromatic rings. The second kappa shape index (κ2) is 6.50. The molecule has 0 atom stereocenters. The van der Waals surface area contributed by atoms with Crippen LogP contribution in [0, 0.1) is 6.92 Å². The summed E-state index contributed by atoms with van der Waals surface area (Å²) in [4.78, 5) is 22.2. The van der Waals surface area contributed by atoms with Crippen molar-refractivity contribution in [2.24, 2.45) is 0 Å². The topological polar surface area (TPSA) is 62.1 Å². The first-order valence-electron chi connectivity index (χ1n) is 8.24. The van der Waals surface area contributed by atoms with Crippen LogP contribution in [0.1, 0.15) is 22.4 Å². The lowest BCUT2D eigenvalue weighted by atomic mass is 10.0. The Bertz CT molecular complexity index is 943. The molecule has 1 aromatic carbocycles. The molecule has 0 saturated carbocycles. The second-order valence-corrected chi connectivity index (χ2v) is 6.72. The highest BCUT2D eigenvalue weighted by Crippen LogP contribution is 2.24. The Hall–Kier alpha value is -2.37. The third-order valence-corrected chi connectivity index (χ3v) is 4.99. The molecule has 128 valence electrons. The molecule has 6 heteroatoms. The third kappa shape index (κ3) is 3.13. The molecule has 0 saturated heterocycles. The number of halogens is 1. The average Bonchev–Trinajstić information content (AvgIpc) is 3.13. The average molecular weight is 356 g/mol. The lowest BCUT2D eigenvalue weighted by Gasteiger charge is -2.28. The van der Waals surface area contributed by atoms with Gasteiger partial charge < -0.3 is 9.40 Å². The molecule has 0 amide bonds. The minimum Gasteiger partial charge on any atom is -0.461 e. The summed E-state index contributed by atoms with van der Waals surface area (Å²) in [6.07, 6.45) is 2.30. The van der Waals surface area contributed by atoms with E-state index in [-0.39, 0.29) is 5.56 Å². The summed E-state index contributed by atoms with van der Waals surface area (Å²) in [6, 6.07) is 9.49. The fraction of sp³-hybridized carbons (Fsp3) is 0.263. The Balaban J connectivity index is 1.61.